The Labute approximate surface area is 171 Å². The van der Waals surface area contributed by atoms with E-state index in [0.29, 0.717) is 18.1 Å². The maximum Gasteiger partial charge on any atom is 0.149 e. The number of nitrogens with one attached hydrogen (secondary N) is 1. The van der Waals surface area contributed by atoms with Crippen molar-refractivity contribution in [1.29, 1.82) is 0 Å². The van der Waals surface area contributed by atoms with E-state index in [1.165, 1.54) is 6.07 Å². The van der Waals surface area contributed by atoms with Crippen LogP contribution in [-0.4, -0.2) is 26.9 Å². The van der Waals surface area contributed by atoms with E-state index in [0.717, 1.165) is 22.6 Å². The summed E-state index contributed by atoms with van der Waals surface area (Å²) >= 11 is 0. The first-order valence-corrected chi connectivity index (χ1v) is 9.62. The zero-order chi connectivity index (χ0) is 21.2. The molecule has 3 rings (SSSR count). The van der Waals surface area contributed by atoms with Crippen LogP contribution < -0.4 is 5.32 Å². The Morgan fingerprint density at radius 3 is 2.55 bits per heavy atom. The molecule has 29 heavy (non-hydrogen) atoms. The van der Waals surface area contributed by atoms with Gasteiger partial charge in [-0.15, -0.1) is 0 Å². The highest BCUT2D eigenvalue weighted by molar-refractivity contribution is 5.43. The largest absolute Gasteiger partial charge is 0.378 e. The monoisotopic (exact) mass is 397 g/mol. The molecule has 154 valence electrons. The van der Waals surface area contributed by atoms with Gasteiger partial charge in [0.2, 0.25) is 0 Å². The molecular formula is C22H28FN5O. The van der Waals surface area contributed by atoms with Crippen LogP contribution in [0.15, 0.2) is 36.7 Å². The molecule has 0 bridgehead atoms. The molecule has 1 N–H and O–H groups in total. The molecule has 0 radical (unpaired) electrons. The lowest BCUT2D eigenvalue weighted by molar-refractivity contribution is 0.181. The van der Waals surface area contributed by atoms with Crippen molar-refractivity contribution in [3.63, 3.8) is 0 Å². The fraction of sp³-hybridized carbons (Fsp3) is 0.409. The summed E-state index contributed by atoms with van der Waals surface area (Å²) in [7, 11) is 1.64. The van der Waals surface area contributed by atoms with Gasteiger partial charge in [-0.05, 0) is 37.1 Å². The van der Waals surface area contributed by atoms with Gasteiger partial charge in [0.15, 0.2) is 0 Å². The molecule has 0 aliphatic rings. The van der Waals surface area contributed by atoms with E-state index in [1.54, 1.807) is 30.3 Å². The molecule has 1 unspecified atom stereocenters. The molecule has 1 aromatic carbocycles. The molecule has 0 aliphatic heterocycles. The highest BCUT2D eigenvalue weighted by Crippen LogP contribution is 2.25. The Hall–Kier alpha value is -2.80. The number of nitrogens with zero attached hydrogens (tertiary/aromatic N) is 4. The Balaban J connectivity index is 1.85. The average Bonchev–Trinajstić information content (AvgIpc) is 3.07. The molecule has 6 nitrogen and oxygen atoms in total. The number of methoxy groups -OCH3 is 1. The van der Waals surface area contributed by atoms with Crippen LogP contribution in [0.4, 0.5) is 10.2 Å². The number of ether oxygens (including phenoxy) is 1. The second kappa shape index (κ2) is 8.29. The number of halogens is 1. The van der Waals surface area contributed by atoms with E-state index in [4.69, 9.17) is 4.74 Å². The summed E-state index contributed by atoms with van der Waals surface area (Å²) in [6.07, 6.45) is 3.50. The van der Waals surface area contributed by atoms with Crippen LogP contribution in [0.2, 0.25) is 0 Å². The van der Waals surface area contributed by atoms with Crippen LogP contribution in [0.1, 0.15) is 56.4 Å². The molecule has 0 saturated heterocycles. The van der Waals surface area contributed by atoms with Crippen LogP contribution in [-0.2, 0) is 16.8 Å². The third-order valence-electron chi connectivity index (χ3n) is 4.54. The highest BCUT2D eigenvalue weighted by atomic mass is 19.1. The molecule has 0 saturated carbocycles. The maximum absolute atomic E-state index is 14.7. The summed E-state index contributed by atoms with van der Waals surface area (Å²) in [4.78, 5) is 9.25. The Bertz CT molecular complexity index is 993. The van der Waals surface area contributed by atoms with Gasteiger partial charge >= 0.3 is 0 Å². The molecule has 2 heterocycles. The summed E-state index contributed by atoms with van der Waals surface area (Å²) in [5, 5.41) is 7.55. The quantitative estimate of drug-likeness (QED) is 0.652. The second-order valence-corrected chi connectivity index (χ2v) is 8.29. The minimum atomic E-state index is -0.322. The normalized spacial score (nSPS) is 12.8. The average molecular weight is 397 g/mol. The predicted molar refractivity (Wildman–Crippen MR) is 112 cm³/mol. The lowest BCUT2D eigenvalue weighted by atomic mass is 9.95. The maximum atomic E-state index is 14.7. The number of hydrogen-bond donors (Lipinski definition) is 1. The van der Waals surface area contributed by atoms with Crippen molar-refractivity contribution in [2.24, 2.45) is 0 Å². The van der Waals surface area contributed by atoms with Crippen LogP contribution >= 0.6 is 0 Å². The lowest BCUT2D eigenvalue weighted by Crippen LogP contribution is -2.19. The molecule has 0 spiro atoms. The van der Waals surface area contributed by atoms with Gasteiger partial charge in [0.25, 0.3) is 0 Å². The summed E-state index contributed by atoms with van der Waals surface area (Å²) in [6.45, 7) is 10.5. The van der Waals surface area contributed by atoms with Gasteiger partial charge in [-0.2, -0.15) is 5.10 Å². The van der Waals surface area contributed by atoms with Crippen LogP contribution in [0.3, 0.4) is 0 Å². The van der Waals surface area contributed by atoms with Gasteiger partial charge in [0.05, 0.1) is 24.5 Å². The molecule has 2 aromatic heterocycles. The molecule has 0 amide bonds. The lowest BCUT2D eigenvalue weighted by Gasteiger charge is -2.21. The minimum absolute atomic E-state index is 0.143. The smallest absolute Gasteiger partial charge is 0.149 e. The molecule has 0 fully saturated rings. The van der Waals surface area contributed by atoms with E-state index in [9.17, 15) is 4.39 Å². The topological polar surface area (TPSA) is 64.9 Å². The van der Waals surface area contributed by atoms with Crippen molar-refractivity contribution >= 4 is 5.82 Å². The number of rotatable bonds is 6. The van der Waals surface area contributed by atoms with Crippen LogP contribution in [0, 0.1) is 12.7 Å². The fourth-order valence-electron chi connectivity index (χ4n) is 2.96. The van der Waals surface area contributed by atoms with E-state index in [1.807, 2.05) is 26.0 Å². The van der Waals surface area contributed by atoms with E-state index < -0.39 is 0 Å². The van der Waals surface area contributed by atoms with Crippen molar-refractivity contribution in [2.45, 2.75) is 52.7 Å². The zero-order valence-electron chi connectivity index (χ0n) is 17.8. The Morgan fingerprint density at radius 1 is 1.21 bits per heavy atom. The predicted octanol–water partition coefficient (Wildman–Crippen LogP) is 4.73. The number of aryl methyl sites for hydroxylation is 1. The van der Waals surface area contributed by atoms with Crippen molar-refractivity contribution in [3.8, 4) is 5.69 Å². The van der Waals surface area contributed by atoms with Crippen molar-refractivity contribution in [1.82, 2.24) is 19.7 Å². The van der Waals surface area contributed by atoms with E-state index >= 15 is 0 Å². The summed E-state index contributed by atoms with van der Waals surface area (Å²) < 4.78 is 21.5. The highest BCUT2D eigenvalue weighted by Gasteiger charge is 2.20. The zero-order valence-corrected chi connectivity index (χ0v) is 17.8. The minimum Gasteiger partial charge on any atom is -0.378 e. The first-order chi connectivity index (χ1) is 13.7. The van der Waals surface area contributed by atoms with Gasteiger partial charge < -0.3 is 10.1 Å². The third-order valence-corrected chi connectivity index (χ3v) is 4.54. The summed E-state index contributed by atoms with van der Waals surface area (Å²) in [5.41, 5.74) is 2.83. The molecular weight excluding hydrogens is 369 g/mol. The number of aromatic nitrogens is 4. The number of anilines is 1. The second-order valence-electron chi connectivity index (χ2n) is 8.29. The van der Waals surface area contributed by atoms with Gasteiger partial charge in [-0.1, -0.05) is 26.8 Å². The van der Waals surface area contributed by atoms with Gasteiger partial charge in [-0.3, -0.25) is 0 Å². The SMILES string of the molecule is COCc1cc(NC(C)c2ccc(-n3cc(C)cn3)c(F)c2)nc(C(C)(C)C)n1. The fourth-order valence-corrected chi connectivity index (χ4v) is 2.96. The van der Waals surface area contributed by atoms with E-state index in [2.05, 4.69) is 41.2 Å². The molecule has 1 atom stereocenters. The van der Waals surface area contributed by atoms with Crippen LogP contribution in [0.5, 0.6) is 0 Å². The van der Waals surface area contributed by atoms with Gasteiger partial charge in [0.1, 0.15) is 23.1 Å². The van der Waals surface area contributed by atoms with Crippen molar-refractivity contribution < 1.29 is 9.13 Å². The van der Waals surface area contributed by atoms with Crippen molar-refractivity contribution in [3.05, 3.63) is 65.1 Å². The molecule has 0 aliphatic carbocycles. The number of benzene rings is 1. The first-order valence-electron chi connectivity index (χ1n) is 9.62. The third kappa shape index (κ3) is 4.98. The van der Waals surface area contributed by atoms with Gasteiger partial charge in [0, 0.05) is 24.8 Å². The summed E-state index contributed by atoms with van der Waals surface area (Å²) in [5.74, 6) is 1.10. The van der Waals surface area contributed by atoms with Crippen LogP contribution in [0.25, 0.3) is 5.69 Å². The molecule has 3 aromatic rings. The number of hydrogen-bond acceptors (Lipinski definition) is 5. The van der Waals surface area contributed by atoms with Gasteiger partial charge in [-0.25, -0.2) is 19.0 Å². The van der Waals surface area contributed by atoms with E-state index in [-0.39, 0.29) is 17.3 Å². The summed E-state index contributed by atoms with van der Waals surface area (Å²) in [6, 6.07) is 6.90. The Morgan fingerprint density at radius 2 is 1.97 bits per heavy atom. The first kappa shape index (κ1) is 20.9. The molecule has 7 heteroatoms. The standard InChI is InChI=1S/C22H28FN5O/c1-14-11-24-28(12-14)19-8-7-16(9-18(19)23)15(2)25-20-10-17(13-29-6)26-21(27-20)22(3,4)5/h7-12,15H,13H2,1-6H3,(H,25,26,27). The van der Waals surface area contributed by atoms with Crippen molar-refractivity contribution in [2.75, 3.05) is 12.4 Å². The Kier molecular flexibility index (Phi) is 5.98.